The van der Waals surface area contributed by atoms with Crippen molar-refractivity contribution in [2.75, 3.05) is 20.3 Å². The van der Waals surface area contributed by atoms with Gasteiger partial charge in [-0.1, -0.05) is 106 Å². The second-order valence-electron chi connectivity index (χ2n) is 33.0. The van der Waals surface area contributed by atoms with E-state index in [1.807, 2.05) is 38.1 Å². The second-order valence-corrected chi connectivity index (χ2v) is 33.8. The average molecular weight is 1810 g/mol. The predicted molar refractivity (Wildman–Crippen MR) is 447 cm³/mol. The van der Waals surface area contributed by atoms with Crippen molar-refractivity contribution in [1.29, 1.82) is 0 Å². The molecule has 0 saturated carbocycles. The van der Waals surface area contributed by atoms with Gasteiger partial charge in [0.15, 0.2) is 36.2 Å². The fraction of sp³-hybridized carbons (Fsp3) is 0.488. The number of phenols is 3. The van der Waals surface area contributed by atoms with E-state index in [4.69, 9.17) is 62.1 Å². The highest BCUT2D eigenvalue weighted by atomic mass is 35.5. The molecule has 6 aromatic carbocycles. The van der Waals surface area contributed by atoms with Crippen molar-refractivity contribution < 1.29 is 143 Å². The van der Waals surface area contributed by atoms with Gasteiger partial charge in [-0.2, -0.15) is 0 Å². The number of nitrogens with one attached hydrogen (secondary N) is 9. The summed E-state index contributed by atoms with van der Waals surface area (Å²) in [6.45, 7) is 6.62. The molecule has 3 saturated heterocycles. The van der Waals surface area contributed by atoms with Gasteiger partial charge in [0.25, 0.3) is 0 Å². The fourth-order valence-corrected chi connectivity index (χ4v) is 16.8. The van der Waals surface area contributed by atoms with Gasteiger partial charge in [-0.3, -0.25) is 33.6 Å². The average Bonchev–Trinajstić information content (AvgIpc) is 0.757. The van der Waals surface area contributed by atoms with Crippen LogP contribution in [0.2, 0.25) is 10.0 Å². The number of likely N-dealkylation sites (N-methyl/N-ethyl adjacent to an activating group) is 1. The van der Waals surface area contributed by atoms with E-state index in [2.05, 4.69) is 54.8 Å². The number of aryl methyl sites for hydroxylation is 1. The maximum Gasteiger partial charge on any atom is 0.330 e. The van der Waals surface area contributed by atoms with Crippen LogP contribution in [0.25, 0.3) is 11.1 Å². The Morgan fingerprint density at radius 2 is 1.25 bits per heavy atom. The number of nitrogens with two attached hydrogens (primary N) is 1. The number of carboxylic acids is 1. The Morgan fingerprint density at radius 3 is 1.87 bits per heavy atom. The zero-order valence-corrected chi connectivity index (χ0v) is 71.2. The van der Waals surface area contributed by atoms with E-state index in [-0.39, 0.29) is 42.2 Å². The third-order valence-corrected chi connectivity index (χ3v) is 24.1. The number of hydrogen-bond acceptors (Lipinski definition) is 31. The van der Waals surface area contributed by atoms with Crippen LogP contribution in [-0.4, -0.2) is 249 Å². The number of carbonyl (C=O) groups excluding carboxylic acids is 7. The number of rotatable bonds is 25. The van der Waals surface area contributed by atoms with Crippen LogP contribution in [0.5, 0.6) is 46.0 Å². The topological polar surface area (TPSA) is 619 Å². The molecular formula is C86H106Cl2N10O29. The molecule has 8 heterocycles. The van der Waals surface area contributed by atoms with Gasteiger partial charge >= 0.3 is 5.97 Å². The highest BCUT2D eigenvalue weighted by Gasteiger charge is 2.53. The van der Waals surface area contributed by atoms with Crippen LogP contribution < -0.4 is 67.8 Å². The Kier molecular flexibility index (Phi) is 31.0. The largest absolute Gasteiger partial charge is 0.507 e. The first-order valence-corrected chi connectivity index (χ1v) is 42.1. The molecule has 0 spiro atoms. The molecule has 7 amide bonds. The summed E-state index contributed by atoms with van der Waals surface area (Å²) >= 11 is 14.4. The first-order valence-electron chi connectivity index (χ1n) is 41.4. The van der Waals surface area contributed by atoms with Crippen LogP contribution in [0.15, 0.2) is 97.1 Å². The Bertz CT molecular complexity index is 5040. The first kappa shape index (κ1) is 95.9. The Morgan fingerprint density at radius 1 is 0.646 bits per heavy atom. The lowest BCUT2D eigenvalue weighted by Gasteiger charge is -2.48. The molecule has 0 aromatic heterocycles. The summed E-state index contributed by atoms with van der Waals surface area (Å²) in [5.41, 5.74) is 2.37. The summed E-state index contributed by atoms with van der Waals surface area (Å²) in [6, 6.07) is 3.75. The lowest BCUT2D eigenvalue weighted by atomic mass is 9.84. The molecule has 3 fully saturated rings. The zero-order chi connectivity index (χ0) is 92.1. The normalized spacial score (nSPS) is 29.5. The number of aliphatic carboxylic acids is 1. The number of hydrogen-bond donors (Lipinski definition) is 24. The molecule has 0 radical (unpaired) electrons. The molecule has 0 aliphatic carbocycles. The summed E-state index contributed by atoms with van der Waals surface area (Å²) in [6.07, 6.45) is -20.9. The minimum absolute atomic E-state index is 0.132. The lowest BCUT2D eigenvalue weighted by molar-refractivity contribution is -0.334. The summed E-state index contributed by atoms with van der Waals surface area (Å²) < 4.78 is 44.9. The minimum atomic E-state index is -2.45. The summed E-state index contributed by atoms with van der Waals surface area (Å²) in [5, 5.41) is 185. The number of unbranched alkanes of at least 4 members (excludes halogenated alkanes) is 3. The Balaban J connectivity index is 1.04. The van der Waals surface area contributed by atoms with Gasteiger partial charge in [0.1, 0.15) is 108 Å². The molecule has 6 aromatic rings. The van der Waals surface area contributed by atoms with Crippen LogP contribution in [0, 0.1) is 5.92 Å². The number of phenolic OH excluding ortho intramolecular Hbond substituents is 3. The van der Waals surface area contributed by atoms with E-state index in [0.717, 1.165) is 104 Å². The van der Waals surface area contributed by atoms with E-state index in [1.165, 1.54) is 19.2 Å². The van der Waals surface area contributed by atoms with Crippen molar-refractivity contribution in [3.05, 3.63) is 152 Å². The van der Waals surface area contributed by atoms with E-state index >= 15 is 24.0 Å². The van der Waals surface area contributed by atoms with Crippen LogP contribution in [0.1, 0.15) is 154 Å². The molecule has 11 bridgehead atoms. The molecule has 688 valence electrons. The van der Waals surface area contributed by atoms with Gasteiger partial charge in [0.2, 0.25) is 53.4 Å². The minimum Gasteiger partial charge on any atom is -0.507 e. The third kappa shape index (κ3) is 21.4. The smallest absolute Gasteiger partial charge is 0.330 e. The SMILES string of the molecule is CCCCCCc1ccc(CN[C@@]2(C)C[C@H](O[C@H]3[C@H](Oc4c5cc6cc4Oc4ccc(cc4Cl)[C@@H](O)[C@@H](NC(=O)[C@@H](CC(C)C)NC)C(=O)N[C@@H](CC(N)=O)C(=O)N[C@H]6C(=O)N[C@H]4C(=O)N[C@H](C(=O)N[C@H](C(=O)O)c6cc(O)c(CN[C@H]7C(O)O[C@H](CO)[C@H](O)[C@@H]7O)c(O)c6-c6cc4ccc6O)[C@H](O)c4ccc(c(Cl)c4)O5)O[C@H](CO)[C@@H](O)[C@@H]3O)O[C@@H](C)[C@H]2O)cc1. The zero-order valence-electron chi connectivity index (χ0n) is 69.7. The maximum atomic E-state index is 16.5. The van der Waals surface area contributed by atoms with Crippen LogP contribution in [0.4, 0.5) is 0 Å². The number of carbonyl (C=O) groups is 8. The van der Waals surface area contributed by atoms with Crippen molar-refractivity contribution >= 4 is 70.5 Å². The van der Waals surface area contributed by atoms with E-state index < -0.39 is 297 Å². The van der Waals surface area contributed by atoms with Gasteiger partial charge in [-0.05, 0) is 134 Å². The third-order valence-electron chi connectivity index (χ3n) is 23.5. The monoisotopic (exact) mass is 1810 g/mol. The molecule has 25 N–H and O–H groups in total. The Labute approximate surface area is 737 Å². The number of amides is 7. The van der Waals surface area contributed by atoms with Crippen LogP contribution in [0.3, 0.4) is 0 Å². The first-order chi connectivity index (χ1) is 60.3. The van der Waals surface area contributed by atoms with Crippen LogP contribution in [-0.2, 0) is 76.8 Å². The van der Waals surface area contributed by atoms with Gasteiger partial charge in [-0.25, -0.2) is 4.79 Å². The van der Waals surface area contributed by atoms with E-state index in [1.54, 1.807) is 13.8 Å². The molecule has 39 nitrogen and oxygen atoms in total. The summed E-state index contributed by atoms with van der Waals surface area (Å²) in [5.74, 6) is -17.3. The number of aliphatic hydroxyl groups is 10. The molecule has 1 unspecified atom stereocenters. The summed E-state index contributed by atoms with van der Waals surface area (Å²) in [4.78, 5) is 120. The quantitative estimate of drug-likeness (QED) is 0.0355. The molecule has 127 heavy (non-hydrogen) atoms. The van der Waals surface area contributed by atoms with Crippen molar-refractivity contribution in [2.24, 2.45) is 11.7 Å². The van der Waals surface area contributed by atoms with Crippen molar-refractivity contribution in [2.45, 2.75) is 239 Å². The number of benzene rings is 6. The molecular weight excluding hydrogens is 1710 g/mol. The van der Waals surface area contributed by atoms with Crippen molar-refractivity contribution in [3.8, 4) is 57.1 Å². The molecule has 8 aliphatic rings. The van der Waals surface area contributed by atoms with Crippen LogP contribution >= 0.6 is 23.2 Å². The number of aliphatic hydroxyl groups excluding tert-OH is 10. The molecule has 41 heteroatoms. The predicted octanol–water partition coefficient (Wildman–Crippen LogP) is 0.950. The van der Waals surface area contributed by atoms with E-state index in [9.17, 15) is 85.9 Å². The number of halogens is 2. The number of carboxylic acid groups (broad SMARTS) is 1. The summed E-state index contributed by atoms with van der Waals surface area (Å²) in [7, 11) is 1.46. The standard InChI is InChI=1S/C86H106Cl2N10O29/c1-7-8-9-10-11-37-12-14-38(15-13-37)31-92-86(5)30-59(121-36(4)76(86)111)126-75-73(110)71(108)57(34-100)125-85(75)127-74-54-26-42-27-55(74)123-53-21-18-41(25-47(53)88)68(105)65-82(117)96-63(83(118)119)44-28-51(102)45(32-91-66-72(109)70(107)56(33-99)124-84(66)120)69(106)60(44)43-23-39(16-19-50(43)101)61(79(114)98-65)95-80(115)62(42)94-78(113)49(29-58(89)103)93-81(116)64(97-77(112)48(90-6)22-35(2)3)67(104)40-17-20-52(122-54)46(87)24-40/h12-21,23-28,35-36,48-49,56-57,59,61-68,70-73,75-76,84-85,90-92,99-102,104-111,120H,7-11,22,29-34H2,1-6H3,(H2,89,103)(H,93,116)(H,94,113)(H,95,115)(H,96,117)(H,97,112)(H,98,114)(H,118,119)/t36-,48+,49-,56+,57+,59-,61+,62+,63-,64+,65-,66+,67+,68+,70-,71+,72+,73-,75+,76+,84?,85-,86-/m0/s1. The molecule has 23 atom stereocenters. The molecule has 14 rings (SSSR count). The van der Waals surface area contributed by atoms with Crippen molar-refractivity contribution in [1.82, 2.24) is 47.9 Å². The number of fused-ring (bicyclic) bond motifs is 15. The Hall–Kier alpha value is -10.2. The fourth-order valence-electron chi connectivity index (χ4n) is 16.3. The highest BCUT2D eigenvalue weighted by Crippen LogP contribution is 2.51. The lowest BCUT2D eigenvalue weighted by Crippen LogP contribution is -2.65. The van der Waals surface area contributed by atoms with Gasteiger partial charge < -0.3 is 158 Å². The molecule has 8 aliphatic heterocycles. The van der Waals surface area contributed by atoms with Gasteiger partial charge in [-0.15, -0.1) is 0 Å². The van der Waals surface area contributed by atoms with E-state index in [0.29, 0.717) is 0 Å². The number of primary amides is 1. The van der Waals surface area contributed by atoms with Gasteiger partial charge in [0, 0.05) is 41.7 Å². The van der Waals surface area contributed by atoms with Gasteiger partial charge in [0.05, 0.1) is 59.5 Å². The second kappa shape index (κ2) is 41.0. The maximum absolute atomic E-state index is 16.5. The number of ether oxygens (including phenoxy) is 7. The number of aromatic hydroxyl groups is 3. The van der Waals surface area contributed by atoms with Crippen molar-refractivity contribution in [3.63, 3.8) is 0 Å². The highest BCUT2D eigenvalue weighted by molar-refractivity contribution is 6.32.